The molecule has 2 amide bonds. The van der Waals surface area contributed by atoms with Crippen molar-refractivity contribution in [3.63, 3.8) is 0 Å². The summed E-state index contributed by atoms with van der Waals surface area (Å²) in [4.78, 5) is 38.4. The molecule has 6 nitrogen and oxygen atoms in total. The first-order valence-electron chi connectivity index (χ1n) is 7.32. The molecule has 0 saturated carbocycles. The summed E-state index contributed by atoms with van der Waals surface area (Å²) < 4.78 is 13.6. The Labute approximate surface area is 143 Å². The lowest BCUT2D eigenvalue weighted by Gasteiger charge is -2.33. The average molecular weight is 357 g/mol. The van der Waals surface area contributed by atoms with Crippen molar-refractivity contribution >= 4 is 35.1 Å². The number of carboxylic acids is 1. The molecule has 8 heteroatoms. The van der Waals surface area contributed by atoms with Crippen molar-refractivity contribution in [2.75, 3.05) is 18.5 Å². The molecule has 130 valence electrons. The van der Waals surface area contributed by atoms with Gasteiger partial charge < -0.3 is 14.9 Å². The number of carbonyl (C=O) groups is 3. The van der Waals surface area contributed by atoms with Gasteiger partial charge in [0.05, 0.1) is 10.9 Å². The van der Waals surface area contributed by atoms with Gasteiger partial charge in [-0.2, -0.15) is 0 Å². The largest absolute Gasteiger partial charge is 0.480 e. The highest BCUT2D eigenvalue weighted by Gasteiger charge is 2.42. The first-order chi connectivity index (χ1) is 11.1. The fourth-order valence-corrected chi connectivity index (χ4v) is 2.59. The molecule has 1 fully saturated rings. The standard InChI is InChI=1S/C16H18ClFN2O4/c1-16(2,15(23)24)19(3)14(22)9-6-13(21)20(8-9)10-4-5-11(17)12(18)7-10/h4-5,7,9H,6,8H2,1-3H3,(H,23,24). The van der Waals surface area contributed by atoms with Crippen molar-refractivity contribution in [2.45, 2.75) is 25.8 Å². The van der Waals surface area contributed by atoms with Crippen LogP contribution in [0.1, 0.15) is 20.3 Å². The molecular weight excluding hydrogens is 339 g/mol. The van der Waals surface area contributed by atoms with Gasteiger partial charge in [0.25, 0.3) is 0 Å². The molecule has 1 unspecified atom stereocenters. The monoisotopic (exact) mass is 356 g/mol. The van der Waals surface area contributed by atoms with Gasteiger partial charge in [-0.1, -0.05) is 11.6 Å². The lowest BCUT2D eigenvalue weighted by Crippen LogP contribution is -2.52. The fraction of sp³-hybridized carbons (Fsp3) is 0.438. The highest BCUT2D eigenvalue weighted by atomic mass is 35.5. The number of likely N-dealkylation sites (N-methyl/N-ethyl adjacent to an activating group) is 1. The minimum Gasteiger partial charge on any atom is -0.480 e. The first kappa shape index (κ1) is 18.2. The van der Waals surface area contributed by atoms with Gasteiger partial charge in [-0.15, -0.1) is 0 Å². The number of aliphatic carboxylic acids is 1. The summed E-state index contributed by atoms with van der Waals surface area (Å²) in [7, 11) is 1.39. The Morgan fingerprint density at radius 1 is 1.42 bits per heavy atom. The summed E-state index contributed by atoms with van der Waals surface area (Å²) in [6.07, 6.45) is -0.0525. The van der Waals surface area contributed by atoms with Crippen molar-refractivity contribution in [3.8, 4) is 0 Å². The molecule has 0 spiro atoms. The number of benzene rings is 1. The molecule has 1 aliphatic heterocycles. The number of hydrogen-bond donors (Lipinski definition) is 1. The smallest absolute Gasteiger partial charge is 0.329 e. The van der Waals surface area contributed by atoms with E-state index in [4.69, 9.17) is 11.6 Å². The van der Waals surface area contributed by atoms with E-state index < -0.39 is 29.2 Å². The summed E-state index contributed by atoms with van der Waals surface area (Å²) in [5.41, 5.74) is -1.07. The molecule has 1 N–H and O–H groups in total. The quantitative estimate of drug-likeness (QED) is 0.896. The third-order valence-corrected chi connectivity index (χ3v) is 4.69. The number of hydrogen-bond acceptors (Lipinski definition) is 3. The van der Waals surface area contributed by atoms with Gasteiger partial charge in [-0.05, 0) is 32.0 Å². The first-order valence-corrected chi connectivity index (χ1v) is 7.70. The molecule has 1 aromatic rings. The van der Waals surface area contributed by atoms with Gasteiger partial charge in [-0.25, -0.2) is 9.18 Å². The average Bonchev–Trinajstić information content (AvgIpc) is 2.90. The molecule has 0 bridgehead atoms. The van der Waals surface area contributed by atoms with E-state index in [1.54, 1.807) is 0 Å². The van der Waals surface area contributed by atoms with Crippen LogP contribution in [0, 0.1) is 11.7 Å². The van der Waals surface area contributed by atoms with E-state index in [1.807, 2.05) is 0 Å². The van der Waals surface area contributed by atoms with E-state index >= 15 is 0 Å². The summed E-state index contributed by atoms with van der Waals surface area (Å²) >= 11 is 5.63. The summed E-state index contributed by atoms with van der Waals surface area (Å²) in [6.45, 7) is 2.89. The number of carboxylic acid groups (broad SMARTS) is 1. The molecule has 1 atom stereocenters. The second-order valence-electron chi connectivity index (χ2n) is 6.27. The van der Waals surface area contributed by atoms with Crippen LogP contribution in [0.3, 0.4) is 0 Å². The van der Waals surface area contributed by atoms with Gasteiger partial charge in [0, 0.05) is 25.7 Å². The Bertz CT molecular complexity index is 707. The van der Waals surface area contributed by atoms with Crippen molar-refractivity contribution in [3.05, 3.63) is 29.0 Å². The van der Waals surface area contributed by atoms with Crippen LogP contribution in [0.15, 0.2) is 18.2 Å². The zero-order chi connectivity index (χ0) is 18.2. The van der Waals surface area contributed by atoms with Gasteiger partial charge in [-0.3, -0.25) is 9.59 Å². The Balaban J connectivity index is 2.18. The molecule has 1 heterocycles. The van der Waals surface area contributed by atoms with E-state index in [2.05, 4.69) is 0 Å². The molecule has 0 radical (unpaired) electrons. The Morgan fingerprint density at radius 2 is 2.04 bits per heavy atom. The lowest BCUT2D eigenvalue weighted by molar-refractivity contribution is -0.156. The van der Waals surface area contributed by atoms with E-state index in [9.17, 15) is 23.9 Å². The molecule has 24 heavy (non-hydrogen) atoms. The highest BCUT2D eigenvalue weighted by molar-refractivity contribution is 6.30. The van der Waals surface area contributed by atoms with Crippen LogP contribution < -0.4 is 4.90 Å². The number of anilines is 1. The third-order valence-electron chi connectivity index (χ3n) is 4.38. The minimum absolute atomic E-state index is 0.0525. The number of carbonyl (C=O) groups excluding carboxylic acids is 2. The number of nitrogens with zero attached hydrogens (tertiary/aromatic N) is 2. The van der Waals surface area contributed by atoms with Crippen LogP contribution in [0.25, 0.3) is 0 Å². The van der Waals surface area contributed by atoms with Crippen LogP contribution in [0.5, 0.6) is 0 Å². The Kier molecular flexibility index (Phi) is 4.85. The maximum atomic E-state index is 13.6. The van der Waals surface area contributed by atoms with E-state index in [0.717, 1.165) is 11.0 Å². The summed E-state index contributed by atoms with van der Waals surface area (Å²) in [6, 6.07) is 3.98. The number of amides is 2. The maximum absolute atomic E-state index is 13.6. The molecule has 2 rings (SSSR count). The van der Waals surface area contributed by atoms with E-state index in [0.29, 0.717) is 5.69 Å². The van der Waals surface area contributed by atoms with Crippen molar-refractivity contribution < 1.29 is 23.9 Å². The fourth-order valence-electron chi connectivity index (χ4n) is 2.47. The van der Waals surface area contributed by atoms with Crippen LogP contribution in [-0.2, 0) is 14.4 Å². The van der Waals surface area contributed by atoms with Crippen LogP contribution in [0.2, 0.25) is 5.02 Å². The van der Waals surface area contributed by atoms with Gasteiger partial charge >= 0.3 is 5.97 Å². The predicted octanol–water partition coefficient (Wildman–Crippen LogP) is 2.15. The second kappa shape index (κ2) is 6.39. The topological polar surface area (TPSA) is 77.9 Å². The van der Waals surface area contributed by atoms with Gasteiger partial charge in [0.2, 0.25) is 11.8 Å². The molecule has 1 saturated heterocycles. The Morgan fingerprint density at radius 3 is 2.58 bits per heavy atom. The normalized spacial score (nSPS) is 18.0. The summed E-state index contributed by atoms with van der Waals surface area (Å²) in [5.74, 6) is -3.23. The Hall–Kier alpha value is -2.15. The number of rotatable bonds is 4. The van der Waals surface area contributed by atoms with Crippen LogP contribution in [0.4, 0.5) is 10.1 Å². The number of halogens is 2. The molecule has 0 aromatic heterocycles. The van der Waals surface area contributed by atoms with Crippen molar-refractivity contribution in [1.82, 2.24) is 4.90 Å². The van der Waals surface area contributed by atoms with Crippen molar-refractivity contribution in [2.24, 2.45) is 5.92 Å². The van der Waals surface area contributed by atoms with E-state index in [-0.39, 0.29) is 23.9 Å². The zero-order valence-electron chi connectivity index (χ0n) is 13.5. The summed E-state index contributed by atoms with van der Waals surface area (Å²) in [5, 5.41) is 9.16. The zero-order valence-corrected chi connectivity index (χ0v) is 14.3. The second-order valence-corrected chi connectivity index (χ2v) is 6.67. The van der Waals surface area contributed by atoms with E-state index in [1.165, 1.54) is 37.9 Å². The molecule has 1 aliphatic rings. The van der Waals surface area contributed by atoms with Gasteiger partial charge in [0.1, 0.15) is 11.4 Å². The van der Waals surface area contributed by atoms with Crippen molar-refractivity contribution in [1.29, 1.82) is 0 Å². The highest BCUT2D eigenvalue weighted by Crippen LogP contribution is 2.29. The molecular formula is C16H18ClFN2O4. The molecule has 1 aromatic carbocycles. The maximum Gasteiger partial charge on any atom is 0.329 e. The SMILES string of the molecule is CN(C(=O)C1CC(=O)N(c2ccc(Cl)c(F)c2)C1)C(C)(C)C(=O)O. The third kappa shape index (κ3) is 3.21. The minimum atomic E-state index is -1.39. The lowest BCUT2D eigenvalue weighted by atomic mass is 10.00. The molecule has 0 aliphatic carbocycles. The predicted molar refractivity (Wildman–Crippen MR) is 86.4 cm³/mol. The van der Waals surface area contributed by atoms with Crippen LogP contribution >= 0.6 is 11.6 Å². The van der Waals surface area contributed by atoms with Gasteiger partial charge in [0.15, 0.2) is 0 Å². The van der Waals surface area contributed by atoms with Crippen LogP contribution in [-0.4, -0.2) is 46.9 Å².